The van der Waals surface area contributed by atoms with Crippen LogP contribution in [0.5, 0.6) is 5.75 Å². The molecule has 1 fully saturated rings. The SMILES string of the molecule is Cc1cc(C)cc(OCCCn2c(CCCN3CCCCCC3)nc3ccccc32)c1. The Morgan fingerprint density at radius 3 is 2.39 bits per heavy atom. The van der Waals surface area contributed by atoms with E-state index in [-0.39, 0.29) is 0 Å². The van der Waals surface area contributed by atoms with E-state index in [2.05, 4.69) is 65.8 Å². The van der Waals surface area contributed by atoms with Crippen LogP contribution in [0.2, 0.25) is 0 Å². The van der Waals surface area contributed by atoms with E-state index >= 15 is 0 Å². The summed E-state index contributed by atoms with van der Waals surface area (Å²) < 4.78 is 8.47. The molecular weight excluding hydrogens is 382 g/mol. The lowest BCUT2D eigenvalue weighted by Gasteiger charge is -2.19. The topological polar surface area (TPSA) is 30.3 Å². The summed E-state index contributed by atoms with van der Waals surface area (Å²) in [6.45, 7) is 9.65. The van der Waals surface area contributed by atoms with Gasteiger partial charge < -0.3 is 14.2 Å². The van der Waals surface area contributed by atoms with Crippen LogP contribution >= 0.6 is 0 Å². The van der Waals surface area contributed by atoms with Crippen LogP contribution in [-0.2, 0) is 13.0 Å². The second kappa shape index (κ2) is 10.8. The summed E-state index contributed by atoms with van der Waals surface area (Å²) in [7, 11) is 0. The second-order valence-corrected chi connectivity index (χ2v) is 9.05. The minimum atomic E-state index is 0.725. The number of hydrogen-bond acceptors (Lipinski definition) is 3. The molecule has 0 aliphatic carbocycles. The lowest BCUT2D eigenvalue weighted by molar-refractivity contribution is 0.280. The third-order valence-corrected chi connectivity index (χ3v) is 6.30. The zero-order valence-electron chi connectivity index (χ0n) is 19.3. The molecule has 2 aromatic carbocycles. The second-order valence-electron chi connectivity index (χ2n) is 9.05. The number of benzene rings is 2. The molecule has 0 N–H and O–H groups in total. The summed E-state index contributed by atoms with van der Waals surface area (Å²) in [5.74, 6) is 2.20. The van der Waals surface area contributed by atoms with Crippen LogP contribution in [0.25, 0.3) is 11.0 Å². The molecule has 0 atom stereocenters. The summed E-state index contributed by atoms with van der Waals surface area (Å²) in [5.41, 5.74) is 4.87. The molecule has 0 spiro atoms. The Labute approximate surface area is 187 Å². The number of hydrogen-bond donors (Lipinski definition) is 0. The Morgan fingerprint density at radius 2 is 1.61 bits per heavy atom. The molecule has 4 heteroatoms. The van der Waals surface area contributed by atoms with Gasteiger partial charge in [0.1, 0.15) is 11.6 Å². The first-order chi connectivity index (χ1) is 15.2. The quantitative estimate of drug-likeness (QED) is 0.403. The van der Waals surface area contributed by atoms with E-state index in [9.17, 15) is 0 Å². The van der Waals surface area contributed by atoms with E-state index in [4.69, 9.17) is 9.72 Å². The average molecular weight is 420 g/mol. The van der Waals surface area contributed by atoms with Crippen molar-refractivity contribution in [2.24, 2.45) is 0 Å². The molecule has 1 aliphatic rings. The number of aryl methyl sites for hydroxylation is 4. The van der Waals surface area contributed by atoms with Crippen LogP contribution in [0.1, 0.15) is 55.5 Å². The molecule has 166 valence electrons. The third kappa shape index (κ3) is 6.10. The Bertz CT molecular complexity index is 950. The normalized spacial score (nSPS) is 15.3. The monoisotopic (exact) mass is 419 g/mol. The van der Waals surface area contributed by atoms with E-state index in [1.54, 1.807) is 0 Å². The van der Waals surface area contributed by atoms with Gasteiger partial charge >= 0.3 is 0 Å². The molecule has 0 saturated carbocycles. The number of ether oxygens (including phenoxy) is 1. The molecule has 2 heterocycles. The van der Waals surface area contributed by atoms with Gasteiger partial charge in [0.05, 0.1) is 17.6 Å². The molecule has 1 aliphatic heterocycles. The van der Waals surface area contributed by atoms with Crippen LogP contribution in [0.3, 0.4) is 0 Å². The number of para-hydroxylation sites is 2. The molecule has 1 saturated heterocycles. The molecule has 0 amide bonds. The van der Waals surface area contributed by atoms with Crippen LogP contribution in [-0.4, -0.2) is 40.7 Å². The fraction of sp³-hybridized carbons (Fsp3) is 0.519. The lowest BCUT2D eigenvalue weighted by atomic mass is 10.1. The van der Waals surface area contributed by atoms with Crippen molar-refractivity contribution in [3.63, 3.8) is 0 Å². The third-order valence-electron chi connectivity index (χ3n) is 6.30. The van der Waals surface area contributed by atoms with Gasteiger partial charge in [-0.05, 0) is 94.6 Å². The van der Waals surface area contributed by atoms with Crippen molar-refractivity contribution in [3.8, 4) is 5.75 Å². The maximum absolute atomic E-state index is 6.05. The van der Waals surface area contributed by atoms with Crippen molar-refractivity contribution in [1.82, 2.24) is 14.5 Å². The van der Waals surface area contributed by atoms with Crippen molar-refractivity contribution < 1.29 is 4.74 Å². The first kappa shape index (κ1) is 21.9. The number of imidazole rings is 1. The standard InChI is InChI=1S/C27H37N3O/c1-22-19-23(2)21-24(20-22)31-18-10-17-30-26-12-6-5-11-25(26)28-27(30)13-9-16-29-14-7-3-4-8-15-29/h5-6,11-12,19-21H,3-4,7-10,13-18H2,1-2H3. The summed E-state index contributed by atoms with van der Waals surface area (Å²) in [6.07, 6.45) is 8.73. The molecule has 0 unspecified atom stereocenters. The Hall–Kier alpha value is -2.33. The fourth-order valence-corrected chi connectivity index (χ4v) is 4.82. The predicted octanol–water partition coefficient (Wildman–Crippen LogP) is 5.93. The first-order valence-electron chi connectivity index (χ1n) is 12.1. The van der Waals surface area contributed by atoms with E-state index in [0.29, 0.717) is 0 Å². The van der Waals surface area contributed by atoms with Crippen molar-refractivity contribution in [2.45, 2.75) is 65.3 Å². The molecular formula is C27H37N3O. The van der Waals surface area contributed by atoms with Gasteiger partial charge in [0.15, 0.2) is 0 Å². The summed E-state index contributed by atoms with van der Waals surface area (Å²) in [4.78, 5) is 7.63. The van der Waals surface area contributed by atoms with Crippen LogP contribution in [0, 0.1) is 13.8 Å². The van der Waals surface area contributed by atoms with Gasteiger partial charge in [0.2, 0.25) is 0 Å². The van der Waals surface area contributed by atoms with Gasteiger partial charge in [0, 0.05) is 13.0 Å². The number of rotatable bonds is 9. The highest BCUT2D eigenvalue weighted by Gasteiger charge is 2.12. The number of fused-ring (bicyclic) bond motifs is 1. The highest BCUT2D eigenvalue weighted by atomic mass is 16.5. The number of likely N-dealkylation sites (tertiary alicyclic amines) is 1. The fourth-order valence-electron chi connectivity index (χ4n) is 4.82. The number of nitrogens with zero attached hydrogens (tertiary/aromatic N) is 3. The Kier molecular flexibility index (Phi) is 7.63. The van der Waals surface area contributed by atoms with Gasteiger partial charge in [-0.25, -0.2) is 4.98 Å². The van der Waals surface area contributed by atoms with Crippen LogP contribution in [0.4, 0.5) is 0 Å². The van der Waals surface area contributed by atoms with Crippen molar-refractivity contribution in [1.29, 1.82) is 0 Å². The maximum Gasteiger partial charge on any atom is 0.119 e. The van der Waals surface area contributed by atoms with Crippen LogP contribution in [0.15, 0.2) is 42.5 Å². The molecule has 1 aromatic heterocycles. The highest BCUT2D eigenvalue weighted by molar-refractivity contribution is 5.75. The molecule has 0 bridgehead atoms. The summed E-state index contributed by atoms with van der Waals surface area (Å²) in [5, 5.41) is 0. The van der Waals surface area contributed by atoms with Gasteiger partial charge in [-0.3, -0.25) is 0 Å². The summed E-state index contributed by atoms with van der Waals surface area (Å²) >= 11 is 0. The highest BCUT2D eigenvalue weighted by Crippen LogP contribution is 2.20. The van der Waals surface area contributed by atoms with Crippen molar-refractivity contribution in [2.75, 3.05) is 26.2 Å². The van der Waals surface area contributed by atoms with Gasteiger partial charge in [0.25, 0.3) is 0 Å². The van der Waals surface area contributed by atoms with E-state index in [1.165, 1.54) is 74.2 Å². The molecule has 31 heavy (non-hydrogen) atoms. The molecule has 3 aromatic rings. The van der Waals surface area contributed by atoms with Crippen molar-refractivity contribution >= 4 is 11.0 Å². The molecule has 4 rings (SSSR count). The molecule has 0 radical (unpaired) electrons. The zero-order chi connectivity index (χ0) is 21.5. The van der Waals surface area contributed by atoms with E-state index in [1.807, 2.05) is 0 Å². The van der Waals surface area contributed by atoms with E-state index < -0.39 is 0 Å². The predicted molar refractivity (Wildman–Crippen MR) is 129 cm³/mol. The van der Waals surface area contributed by atoms with E-state index in [0.717, 1.165) is 37.3 Å². The minimum absolute atomic E-state index is 0.725. The maximum atomic E-state index is 6.05. The smallest absolute Gasteiger partial charge is 0.119 e. The average Bonchev–Trinajstić information content (AvgIpc) is 2.90. The summed E-state index contributed by atoms with van der Waals surface area (Å²) in [6, 6.07) is 15.0. The Balaban J connectivity index is 1.35. The van der Waals surface area contributed by atoms with Gasteiger partial charge in [-0.1, -0.05) is 31.0 Å². The largest absolute Gasteiger partial charge is 0.494 e. The Morgan fingerprint density at radius 1 is 0.871 bits per heavy atom. The lowest BCUT2D eigenvalue weighted by Crippen LogP contribution is -2.26. The molecule has 4 nitrogen and oxygen atoms in total. The van der Waals surface area contributed by atoms with Gasteiger partial charge in [-0.2, -0.15) is 0 Å². The first-order valence-corrected chi connectivity index (χ1v) is 12.1. The zero-order valence-corrected chi connectivity index (χ0v) is 19.3. The van der Waals surface area contributed by atoms with Gasteiger partial charge in [-0.15, -0.1) is 0 Å². The number of aromatic nitrogens is 2. The van der Waals surface area contributed by atoms with Crippen molar-refractivity contribution in [3.05, 3.63) is 59.4 Å². The van der Waals surface area contributed by atoms with Crippen LogP contribution < -0.4 is 4.74 Å². The minimum Gasteiger partial charge on any atom is -0.494 e.